The highest BCUT2D eigenvalue weighted by Gasteiger charge is 2.16. The van der Waals surface area contributed by atoms with Gasteiger partial charge in [0.05, 0.1) is 11.6 Å². The van der Waals surface area contributed by atoms with Gasteiger partial charge in [-0.1, -0.05) is 6.08 Å². The first-order valence-corrected chi connectivity index (χ1v) is 7.51. The van der Waals surface area contributed by atoms with Gasteiger partial charge >= 0.3 is 5.97 Å². The van der Waals surface area contributed by atoms with E-state index in [-0.39, 0.29) is 6.10 Å². The molecule has 0 fully saturated rings. The molecule has 0 spiro atoms. The van der Waals surface area contributed by atoms with Crippen molar-refractivity contribution >= 4 is 28.0 Å². The first kappa shape index (κ1) is 15.6. The van der Waals surface area contributed by atoms with Crippen molar-refractivity contribution in [3.63, 3.8) is 0 Å². The van der Waals surface area contributed by atoms with Crippen molar-refractivity contribution in [2.75, 3.05) is 7.11 Å². The molecule has 0 saturated carbocycles. The predicted octanol–water partition coefficient (Wildman–Crippen LogP) is 4.04. The summed E-state index contributed by atoms with van der Waals surface area (Å²) in [4.78, 5) is 10.6. The van der Waals surface area contributed by atoms with Crippen molar-refractivity contribution in [3.05, 3.63) is 40.4 Å². The van der Waals surface area contributed by atoms with Crippen LogP contribution in [0.2, 0.25) is 0 Å². The molecule has 0 aliphatic heterocycles. The maximum Gasteiger partial charge on any atom is 0.328 e. The molecule has 1 unspecified atom stereocenters. The molecule has 0 aromatic heterocycles. The zero-order valence-corrected chi connectivity index (χ0v) is 13.3. The molecule has 4 nitrogen and oxygen atoms in total. The zero-order chi connectivity index (χ0) is 15.2. The minimum Gasteiger partial charge on any atom is -0.493 e. The number of hydrogen-bond donors (Lipinski definition) is 1. The highest BCUT2D eigenvalue weighted by atomic mass is 79.9. The van der Waals surface area contributed by atoms with Crippen LogP contribution in [0, 0.1) is 0 Å². The third-order valence-electron chi connectivity index (χ3n) is 3.15. The Hall–Kier alpha value is -1.75. The van der Waals surface area contributed by atoms with Gasteiger partial charge in [-0.25, -0.2) is 4.79 Å². The van der Waals surface area contributed by atoms with Gasteiger partial charge in [-0.2, -0.15) is 0 Å². The highest BCUT2D eigenvalue weighted by molar-refractivity contribution is 9.10. The average Bonchev–Trinajstić information content (AvgIpc) is 2.48. The van der Waals surface area contributed by atoms with Gasteiger partial charge in [0, 0.05) is 6.08 Å². The van der Waals surface area contributed by atoms with Crippen LogP contribution >= 0.6 is 15.9 Å². The smallest absolute Gasteiger partial charge is 0.328 e. The molecule has 0 saturated heterocycles. The minimum absolute atomic E-state index is 0.0457. The van der Waals surface area contributed by atoms with Gasteiger partial charge in [-0.3, -0.25) is 0 Å². The van der Waals surface area contributed by atoms with Gasteiger partial charge in [-0.15, -0.1) is 0 Å². The summed E-state index contributed by atoms with van der Waals surface area (Å²) < 4.78 is 12.1. The monoisotopic (exact) mass is 352 g/mol. The Labute approximate surface area is 132 Å². The van der Waals surface area contributed by atoms with Gasteiger partial charge in [0.2, 0.25) is 0 Å². The number of carboxylic acid groups (broad SMARTS) is 1. The summed E-state index contributed by atoms with van der Waals surface area (Å²) in [5, 5.41) is 8.68. The summed E-state index contributed by atoms with van der Waals surface area (Å²) in [6.45, 7) is 0. The van der Waals surface area contributed by atoms with E-state index in [9.17, 15) is 4.79 Å². The Kier molecular flexibility index (Phi) is 5.44. The fourth-order valence-electron chi connectivity index (χ4n) is 2.15. The van der Waals surface area contributed by atoms with E-state index in [4.69, 9.17) is 14.6 Å². The van der Waals surface area contributed by atoms with E-state index < -0.39 is 5.97 Å². The fourth-order valence-corrected chi connectivity index (χ4v) is 2.70. The van der Waals surface area contributed by atoms with Crippen LogP contribution in [-0.2, 0) is 4.79 Å². The van der Waals surface area contributed by atoms with Crippen molar-refractivity contribution in [2.45, 2.75) is 25.4 Å². The van der Waals surface area contributed by atoms with Crippen LogP contribution in [0.5, 0.6) is 11.5 Å². The summed E-state index contributed by atoms with van der Waals surface area (Å²) in [5.74, 6) is 0.229. The predicted molar refractivity (Wildman–Crippen MR) is 84.8 cm³/mol. The number of aliphatic carboxylic acids is 1. The van der Waals surface area contributed by atoms with Gasteiger partial charge in [0.25, 0.3) is 0 Å². The van der Waals surface area contributed by atoms with E-state index in [1.165, 1.54) is 6.08 Å². The molecule has 1 aromatic carbocycles. The molecule has 1 aromatic rings. The fraction of sp³-hybridized carbons (Fsp3) is 0.312. The van der Waals surface area contributed by atoms with Gasteiger partial charge in [0.15, 0.2) is 11.5 Å². The lowest BCUT2D eigenvalue weighted by molar-refractivity contribution is -0.131. The molecule has 1 aliphatic rings. The molecule has 1 N–H and O–H groups in total. The summed E-state index contributed by atoms with van der Waals surface area (Å²) in [5.41, 5.74) is 0.729. The number of benzene rings is 1. The van der Waals surface area contributed by atoms with Crippen LogP contribution < -0.4 is 9.47 Å². The maximum absolute atomic E-state index is 10.6. The number of rotatable bonds is 5. The van der Waals surface area contributed by atoms with E-state index in [0.29, 0.717) is 11.5 Å². The topological polar surface area (TPSA) is 55.8 Å². The largest absolute Gasteiger partial charge is 0.493 e. The summed E-state index contributed by atoms with van der Waals surface area (Å²) in [6, 6.07) is 3.57. The Morgan fingerprint density at radius 3 is 2.90 bits per heavy atom. The standard InChI is InChI=1S/C16H17BrO4/c1-20-14-10-11(7-8-15(18)19)9-13(17)16(14)21-12-5-3-2-4-6-12/h3,5,7-10,12H,2,4,6H2,1H3,(H,18,19)/b8-7+. The van der Waals surface area contributed by atoms with Crippen molar-refractivity contribution < 1.29 is 19.4 Å². The van der Waals surface area contributed by atoms with Crippen LogP contribution in [0.25, 0.3) is 6.08 Å². The van der Waals surface area contributed by atoms with Crippen LogP contribution in [0.1, 0.15) is 24.8 Å². The van der Waals surface area contributed by atoms with Gasteiger partial charge < -0.3 is 14.6 Å². The molecule has 112 valence electrons. The van der Waals surface area contributed by atoms with Gasteiger partial charge in [0.1, 0.15) is 6.10 Å². The molecule has 21 heavy (non-hydrogen) atoms. The molecular weight excluding hydrogens is 336 g/mol. The van der Waals surface area contributed by atoms with Crippen molar-refractivity contribution in [3.8, 4) is 11.5 Å². The summed E-state index contributed by atoms with van der Waals surface area (Å²) in [7, 11) is 1.57. The lowest BCUT2D eigenvalue weighted by Gasteiger charge is -2.21. The molecule has 0 amide bonds. The normalized spacial score (nSPS) is 17.9. The molecule has 0 radical (unpaired) electrons. The van der Waals surface area contributed by atoms with Crippen molar-refractivity contribution in [1.29, 1.82) is 0 Å². The maximum atomic E-state index is 10.6. The Balaban J connectivity index is 2.26. The number of carbonyl (C=O) groups is 1. The lowest BCUT2D eigenvalue weighted by atomic mass is 10.1. The SMILES string of the molecule is COc1cc(/C=C/C(=O)O)cc(Br)c1OC1C=CCCC1. The lowest BCUT2D eigenvalue weighted by Crippen LogP contribution is -2.16. The molecular formula is C16H17BrO4. The van der Waals surface area contributed by atoms with E-state index in [1.807, 2.05) is 6.07 Å². The number of methoxy groups -OCH3 is 1. The highest BCUT2D eigenvalue weighted by Crippen LogP contribution is 2.38. The molecule has 0 heterocycles. The van der Waals surface area contributed by atoms with Gasteiger partial charge in [-0.05, 0) is 65.0 Å². The van der Waals surface area contributed by atoms with Crippen LogP contribution in [-0.4, -0.2) is 24.3 Å². The number of ether oxygens (including phenoxy) is 2. The number of halogens is 1. The molecule has 2 rings (SSSR count). The number of carboxylic acids is 1. The van der Waals surface area contributed by atoms with Crippen LogP contribution in [0.3, 0.4) is 0 Å². The number of allylic oxidation sites excluding steroid dienone is 1. The zero-order valence-electron chi connectivity index (χ0n) is 11.7. The summed E-state index contributed by atoms with van der Waals surface area (Å²) >= 11 is 3.46. The Morgan fingerprint density at radius 2 is 2.29 bits per heavy atom. The Bertz CT molecular complexity index is 578. The molecule has 1 aliphatic carbocycles. The Morgan fingerprint density at radius 1 is 1.48 bits per heavy atom. The molecule has 0 bridgehead atoms. The molecule has 1 atom stereocenters. The minimum atomic E-state index is -0.988. The van der Waals surface area contributed by atoms with Crippen LogP contribution in [0.4, 0.5) is 0 Å². The second kappa shape index (κ2) is 7.31. The third-order valence-corrected chi connectivity index (χ3v) is 3.74. The van der Waals surface area contributed by atoms with E-state index in [0.717, 1.165) is 35.4 Å². The van der Waals surface area contributed by atoms with Crippen molar-refractivity contribution in [2.24, 2.45) is 0 Å². The second-order valence-electron chi connectivity index (χ2n) is 4.72. The first-order chi connectivity index (χ1) is 10.1. The first-order valence-electron chi connectivity index (χ1n) is 6.72. The molecule has 5 heteroatoms. The quantitative estimate of drug-likeness (QED) is 0.641. The van der Waals surface area contributed by atoms with E-state index >= 15 is 0 Å². The van der Waals surface area contributed by atoms with Crippen molar-refractivity contribution in [1.82, 2.24) is 0 Å². The third kappa shape index (κ3) is 4.36. The average molecular weight is 353 g/mol. The van der Waals surface area contributed by atoms with E-state index in [1.54, 1.807) is 13.2 Å². The number of hydrogen-bond acceptors (Lipinski definition) is 3. The second-order valence-corrected chi connectivity index (χ2v) is 5.58. The van der Waals surface area contributed by atoms with Crippen LogP contribution in [0.15, 0.2) is 34.8 Å². The van der Waals surface area contributed by atoms with E-state index in [2.05, 4.69) is 28.1 Å². The summed E-state index contributed by atoms with van der Waals surface area (Å²) in [6.07, 6.45) is 10.0.